The second kappa shape index (κ2) is 9.39. The zero-order chi connectivity index (χ0) is 22.6. The summed E-state index contributed by atoms with van der Waals surface area (Å²) in [4.78, 5) is 11.8. The van der Waals surface area contributed by atoms with Crippen LogP contribution in [0.3, 0.4) is 0 Å². The monoisotopic (exact) mass is 461 g/mol. The number of nitrogens with one attached hydrogen (secondary N) is 1. The van der Waals surface area contributed by atoms with E-state index < -0.39 is 6.36 Å². The van der Waals surface area contributed by atoms with Crippen LogP contribution in [0.1, 0.15) is 11.3 Å². The first-order valence-corrected chi connectivity index (χ1v) is 10.5. The highest BCUT2D eigenvalue weighted by molar-refractivity contribution is 7.98. The fourth-order valence-electron chi connectivity index (χ4n) is 3.01. The number of halogens is 3. The van der Waals surface area contributed by atoms with Crippen molar-refractivity contribution in [2.45, 2.75) is 23.9 Å². The average Bonchev–Trinajstić information content (AvgIpc) is 3.18. The van der Waals surface area contributed by atoms with E-state index in [4.69, 9.17) is 9.47 Å². The lowest BCUT2D eigenvalue weighted by atomic mass is 10.2. The van der Waals surface area contributed by atoms with E-state index in [0.29, 0.717) is 45.7 Å². The molecule has 0 saturated heterocycles. The molecule has 0 aliphatic heterocycles. The third-order valence-electron chi connectivity index (χ3n) is 4.40. The molecule has 2 aromatic carbocycles. The van der Waals surface area contributed by atoms with Crippen LogP contribution in [0.15, 0.2) is 66.0 Å². The number of rotatable bonds is 8. The van der Waals surface area contributed by atoms with Gasteiger partial charge in [0.25, 0.3) is 0 Å². The number of nitrogens with zero attached hydrogens (tertiary/aromatic N) is 2. The first-order valence-electron chi connectivity index (χ1n) is 9.48. The Morgan fingerprint density at radius 2 is 1.88 bits per heavy atom. The highest BCUT2D eigenvalue weighted by Crippen LogP contribution is 2.34. The first kappa shape index (κ1) is 21.8. The quantitative estimate of drug-likeness (QED) is 0.338. The van der Waals surface area contributed by atoms with E-state index in [1.807, 2.05) is 30.3 Å². The minimum Gasteiger partial charge on any atom is -0.491 e. The number of H-pyrrole nitrogens is 1. The Kier molecular flexibility index (Phi) is 6.40. The number of hydrogen-bond donors (Lipinski definition) is 1. The van der Waals surface area contributed by atoms with Crippen molar-refractivity contribution in [1.82, 2.24) is 15.0 Å². The Bertz CT molecular complexity index is 1200. The minimum absolute atomic E-state index is 0.320. The van der Waals surface area contributed by atoms with E-state index in [9.17, 15) is 13.2 Å². The van der Waals surface area contributed by atoms with E-state index in [0.717, 1.165) is 5.56 Å². The van der Waals surface area contributed by atoms with Gasteiger partial charge in [0.2, 0.25) is 0 Å². The van der Waals surface area contributed by atoms with Gasteiger partial charge in [0.1, 0.15) is 12.4 Å². The zero-order valence-corrected chi connectivity index (χ0v) is 17.7. The molecule has 4 rings (SSSR count). The summed E-state index contributed by atoms with van der Waals surface area (Å²) in [5, 5.41) is 0.531. The van der Waals surface area contributed by atoms with Crippen LogP contribution in [0.4, 0.5) is 13.2 Å². The number of ether oxygens (including phenoxy) is 3. The third kappa shape index (κ3) is 5.44. The Balaban J connectivity index is 1.46. The van der Waals surface area contributed by atoms with Crippen LogP contribution in [0.2, 0.25) is 0 Å². The zero-order valence-electron chi connectivity index (χ0n) is 16.8. The Hall–Kier alpha value is -3.40. The van der Waals surface area contributed by atoms with E-state index in [2.05, 4.69) is 19.7 Å². The molecule has 0 fully saturated rings. The molecule has 10 heteroatoms. The van der Waals surface area contributed by atoms with Gasteiger partial charge in [-0.2, -0.15) is 0 Å². The number of methoxy groups -OCH3 is 1. The molecule has 4 aromatic rings. The van der Waals surface area contributed by atoms with Gasteiger partial charge < -0.3 is 19.2 Å². The molecular formula is C22H18F3N3O3S. The average molecular weight is 461 g/mol. The molecule has 0 atom stereocenters. The Morgan fingerprint density at radius 3 is 2.62 bits per heavy atom. The molecule has 0 radical (unpaired) electrons. The molecule has 2 heterocycles. The van der Waals surface area contributed by atoms with Crippen LogP contribution in [0.5, 0.6) is 17.2 Å². The number of hydrogen-bond acceptors (Lipinski definition) is 6. The lowest BCUT2D eigenvalue weighted by Gasteiger charge is -2.13. The van der Waals surface area contributed by atoms with Gasteiger partial charge in [0.05, 0.1) is 23.8 Å². The van der Waals surface area contributed by atoms with E-state index in [1.165, 1.54) is 30.0 Å². The molecule has 32 heavy (non-hydrogen) atoms. The van der Waals surface area contributed by atoms with Crippen LogP contribution >= 0.6 is 11.8 Å². The lowest BCUT2D eigenvalue weighted by molar-refractivity contribution is -0.274. The van der Waals surface area contributed by atoms with E-state index in [-0.39, 0.29) is 5.75 Å². The highest BCUT2D eigenvalue weighted by atomic mass is 32.2. The van der Waals surface area contributed by atoms with Crippen molar-refractivity contribution in [3.63, 3.8) is 0 Å². The minimum atomic E-state index is -4.75. The van der Waals surface area contributed by atoms with Gasteiger partial charge in [-0.1, -0.05) is 42.1 Å². The number of aromatic nitrogens is 3. The normalized spacial score (nSPS) is 11.5. The summed E-state index contributed by atoms with van der Waals surface area (Å²) in [7, 11) is 1.55. The predicted octanol–water partition coefficient (Wildman–Crippen LogP) is 5.74. The summed E-state index contributed by atoms with van der Waals surface area (Å²) in [5.41, 5.74) is 2.65. The summed E-state index contributed by atoms with van der Waals surface area (Å²) < 4.78 is 52.7. The topological polar surface area (TPSA) is 69.3 Å². The largest absolute Gasteiger partial charge is 0.573 e. The van der Waals surface area contributed by atoms with Gasteiger partial charge in [-0.3, -0.25) is 4.98 Å². The number of benzene rings is 2. The van der Waals surface area contributed by atoms with E-state index in [1.54, 1.807) is 19.4 Å². The summed E-state index contributed by atoms with van der Waals surface area (Å²) in [5.74, 6) is 1.19. The van der Waals surface area contributed by atoms with Crippen molar-refractivity contribution in [3.8, 4) is 17.2 Å². The standard InChI is InChI=1S/C22H18F3N3O3S/c1-29-20-18(26-10-9-19(20)30-12-14-5-3-2-4-6-14)13-32-21-27-16-8-7-15(11-17(16)28-21)31-22(23,24)25/h2-11H,12-13H2,1H3,(H,27,28). The molecule has 0 amide bonds. The van der Waals surface area contributed by atoms with Crippen LogP contribution in [0, 0.1) is 0 Å². The fourth-order valence-corrected chi connectivity index (χ4v) is 3.83. The molecule has 166 valence electrons. The molecule has 0 saturated carbocycles. The molecular weight excluding hydrogens is 443 g/mol. The van der Waals surface area contributed by atoms with Gasteiger partial charge in [-0.05, 0) is 17.7 Å². The second-order valence-corrected chi connectivity index (χ2v) is 7.58. The maximum atomic E-state index is 12.4. The Labute approximate surface area is 185 Å². The number of aromatic amines is 1. The fraction of sp³-hybridized carbons (Fsp3) is 0.182. The smallest absolute Gasteiger partial charge is 0.491 e. The molecule has 0 aliphatic rings. The number of fused-ring (bicyclic) bond motifs is 1. The summed E-state index contributed by atoms with van der Waals surface area (Å²) in [6.45, 7) is 0.389. The molecule has 0 unspecified atom stereocenters. The van der Waals surface area contributed by atoms with Crippen LogP contribution in [-0.2, 0) is 12.4 Å². The van der Waals surface area contributed by atoms with Crippen molar-refractivity contribution >= 4 is 22.8 Å². The van der Waals surface area contributed by atoms with Gasteiger partial charge in [-0.25, -0.2) is 4.98 Å². The number of thioether (sulfide) groups is 1. The lowest BCUT2D eigenvalue weighted by Crippen LogP contribution is -2.16. The summed E-state index contributed by atoms with van der Waals surface area (Å²) in [6.07, 6.45) is -3.12. The van der Waals surface area contributed by atoms with Crippen LogP contribution in [0.25, 0.3) is 11.0 Å². The van der Waals surface area contributed by atoms with Crippen molar-refractivity contribution in [3.05, 3.63) is 72.1 Å². The highest BCUT2D eigenvalue weighted by Gasteiger charge is 2.31. The van der Waals surface area contributed by atoms with Crippen LogP contribution in [-0.4, -0.2) is 28.4 Å². The molecule has 2 aromatic heterocycles. The van der Waals surface area contributed by atoms with Gasteiger partial charge in [-0.15, -0.1) is 13.2 Å². The van der Waals surface area contributed by atoms with E-state index >= 15 is 0 Å². The molecule has 0 aliphatic carbocycles. The predicted molar refractivity (Wildman–Crippen MR) is 114 cm³/mol. The molecule has 6 nitrogen and oxygen atoms in total. The van der Waals surface area contributed by atoms with Crippen molar-refractivity contribution < 1.29 is 27.4 Å². The number of imidazole rings is 1. The SMILES string of the molecule is COc1c(OCc2ccccc2)ccnc1CSc1nc2cc(OC(F)(F)F)ccc2[nH]1. The molecule has 0 bridgehead atoms. The summed E-state index contributed by atoms with van der Waals surface area (Å²) >= 11 is 1.34. The van der Waals surface area contributed by atoms with Crippen molar-refractivity contribution in [2.24, 2.45) is 0 Å². The number of pyridine rings is 1. The van der Waals surface area contributed by atoms with Gasteiger partial charge in [0.15, 0.2) is 16.7 Å². The first-order chi connectivity index (χ1) is 15.4. The number of alkyl halides is 3. The van der Waals surface area contributed by atoms with Crippen LogP contribution < -0.4 is 14.2 Å². The third-order valence-corrected chi connectivity index (χ3v) is 5.28. The van der Waals surface area contributed by atoms with Crippen molar-refractivity contribution in [1.29, 1.82) is 0 Å². The Morgan fingerprint density at radius 1 is 1.06 bits per heavy atom. The molecule has 0 spiro atoms. The van der Waals surface area contributed by atoms with Crippen molar-refractivity contribution in [2.75, 3.05) is 7.11 Å². The van der Waals surface area contributed by atoms with Gasteiger partial charge >= 0.3 is 6.36 Å². The maximum absolute atomic E-state index is 12.4. The second-order valence-electron chi connectivity index (χ2n) is 6.62. The molecule has 1 N–H and O–H groups in total. The summed E-state index contributed by atoms with van der Waals surface area (Å²) in [6, 6.07) is 15.5. The van der Waals surface area contributed by atoms with Gasteiger partial charge in [0, 0.05) is 24.1 Å². The maximum Gasteiger partial charge on any atom is 0.573 e.